The summed E-state index contributed by atoms with van der Waals surface area (Å²) in [6, 6.07) is 3.53. The van der Waals surface area contributed by atoms with Crippen molar-refractivity contribution in [2.45, 2.75) is 31.7 Å². The number of carbonyl (C=O) groups is 1. The molecule has 0 unspecified atom stereocenters. The molecule has 100 valence electrons. The van der Waals surface area contributed by atoms with Crippen LogP contribution in [0.25, 0.3) is 0 Å². The molecule has 1 aliphatic heterocycles. The molecule has 0 spiro atoms. The van der Waals surface area contributed by atoms with Crippen molar-refractivity contribution >= 4 is 5.91 Å². The molecular formula is C13H20N2O3. The number of carbonyl (C=O) groups excluding carboxylic acids is 1. The number of ether oxygens (including phenoxy) is 1. The number of furan rings is 1. The largest absolute Gasteiger partial charge is 0.456 e. The maximum atomic E-state index is 12.1. The number of nitrogens with one attached hydrogen (secondary N) is 1. The number of amides is 1. The SMILES string of the molecule is CCc1ccc(C(=O)NC2(CN)CCOCC2)o1. The van der Waals surface area contributed by atoms with E-state index in [1.54, 1.807) is 6.07 Å². The summed E-state index contributed by atoms with van der Waals surface area (Å²) in [6.45, 7) is 3.68. The van der Waals surface area contributed by atoms with Gasteiger partial charge in [0.1, 0.15) is 5.76 Å². The van der Waals surface area contributed by atoms with E-state index in [4.69, 9.17) is 14.9 Å². The van der Waals surface area contributed by atoms with Crippen LogP contribution in [0.4, 0.5) is 0 Å². The molecule has 2 heterocycles. The van der Waals surface area contributed by atoms with Crippen molar-refractivity contribution in [3.8, 4) is 0 Å². The van der Waals surface area contributed by atoms with E-state index in [9.17, 15) is 4.79 Å². The molecule has 1 aliphatic rings. The summed E-state index contributed by atoms with van der Waals surface area (Å²) in [5, 5.41) is 3.00. The van der Waals surface area contributed by atoms with Crippen LogP contribution < -0.4 is 11.1 Å². The second-order valence-electron chi connectivity index (χ2n) is 4.67. The molecule has 0 saturated carbocycles. The molecule has 0 atom stereocenters. The van der Waals surface area contributed by atoms with Crippen molar-refractivity contribution in [3.63, 3.8) is 0 Å². The van der Waals surface area contributed by atoms with E-state index < -0.39 is 0 Å². The fourth-order valence-corrected chi connectivity index (χ4v) is 2.13. The third kappa shape index (κ3) is 2.73. The van der Waals surface area contributed by atoms with E-state index in [0.717, 1.165) is 25.0 Å². The summed E-state index contributed by atoms with van der Waals surface area (Å²) < 4.78 is 10.7. The van der Waals surface area contributed by atoms with Crippen molar-refractivity contribution in [2.24, 2.45) is 5.73 Å². The van der Waals surface area contributed by atoms with Crippen LogP contribution in [0.2, 0.25) is 0 Å². The van der Waals surface area contributed by atoms with E-state index in [1.807, 2.05) is 13.0 Å². The molecule has 0 aromatic carbocycles. The molecule has 0 aliphatic carbocycles. The number of hydrogen-bond donors (Lipinski definition) is 2. The van der Waals surface area contributed by atoms with Crippen LogP contribution in [0.5, 0.6) is 0 Å². The Morgan fingerprint density at radius 2 is 2.17 bits per heavy atom. The number of nitrogens with two attached hydrogens (primary N) is 1. The van der Waals surface area contributed by atoms with Gasteiger partial charge >= 0.3 is 0 Å². The van der Waals surface area contributed by atoms with Gasteiger partial charge in [-0.3, -0.25) is 4.79 Å². The Bertz CT molecular complexity index is 408. The van der Waals surface area contributed by atoms with E-state index >= 15 is 0 Å². The normalized spacial score (nSPS) is 18.6. The highest BCUT2D eigenvalue weighted by molar-refractivity contribution is 5.92. The van der Waals surface area contributed by atoms with E-state index in [0.29, 0.717) is 25.5 Å². The first-order chi connectivity index (χ1) is 8.69. The van der Waals surface area contributed by atoms with Gasteiger partial charge in [-0.05, 0) is 25.0 Å². The number of aryl methyl sites for hydroxylation is 1. The third-order valence-corrected chi connectivity index (χ3v) is 3.45. The second kappa shape index (κ2) is 5.54. The molecule has 1 amide bonds. The average Bonchev–Trinajstić information content (AvgIpc) is 2.88. The van der Waals surface area contributed by atoms with E-state index in [2.05, 4.69) is 5.32 Å². The predicted molar refractivity (Wildman–Crippen MR) is 67.4 cm³/mol. The fraction of sp³-hybridized carbons (Fsp3) is 0.615. The second-order valence-corrected chi connectivity index (χ2v) is 4.67. The first-order valence-corrected chi connectivity index (χ1v) is 6.38. The summed E-state index contributed by atoms with van der Waals surface area (Å²) in [7, 11) is 0. The molecule has 1 saturated heterocycles. The molecule has 0 radical (unpaired) electrons. The summed E-state index contributed by atoms with van der Waals surface area (Å²) in [5.41, 5.74) is 5.44. The van der Waals surface area contributed by atoms with Crippen LogP contribution in [-0.4, -0.2) is 31.2 Å². The minimum Gasteiger partial charge on any atom is -0.456 e. The van der Waals surface area contributed by atoms with E-state index in [-0.39, 0.29) is 11.4 Å². The number of rotatable bonds is 4. The summed E-state index contributed by atoms with van der Waals surface area (Å²) in [5.74, 6) is 0.974. The van der Waals surface area contributed by atoms with Gasteiger partial charge in [0, 0.05) is 26.2 Å². The Morgan fingerprint density at radius 1 is 1.44 bits per heavy atom. The summed E-state index contributed by atoms with van der Waals surface area (Å²) in [4.78, 5) is 12.1. The Morgan fingerprint density at radius 3 is 2.72 bits per heavy atom. The van der Waals surface area contributed by atoms with Gasteiger partial charge in [-0.1, -0.05) is 6.92 Å². The Kier molecular flexibility index (Phi) is 4.04. The lowest BCUT2D eigenvalue weighted by atomic mass is 9.90. The summed E-state index contributed by atoms with van der Waals surface area (Å²) >= 11 is 0. The zero-order valence-electron chi connectivity index (χ0n) is 10.7. The monoisotopic (exact) mass is 252 g/mol. The highest BCUT2D eigenvalue weighted by atomic mass is 16.5. The van der Waals surface area contributed by atoms with Crippen molar-refractivity contribution in [2.75, 3.05) is 19.8 Å². The summed E-state index contributed by atoms with van der Waals surface area (Å²) in [6.07, 6.45) is 2.27. The molecule has 5 heteroatoms. The molecule has 3 N–H and O–H groups in total. The topological polar surface area (TPSA) is 77.5 Å². The standard InChI is InChI=1S/C13H20N2O3/c1-2-10-3-4-11(18-10)12(16)15-13(9-14)5-7-17-8-6-13/h3-4H,2,5-9,14H2,1H3,(H,15,16). The van der Waals surface area contributed by atoms with Crippen LogP contribution in [-0.2, 0) is 11.2 Å². The Labute approximate surface area is 107 Å². The molecule has 1 fully saturated rings. The van der Waals surface area contributed by atoms with Gasteiger partial charge in [0.25, 0.3) is 5.91 Å². The lowest BCUT2D eigenvalue weighted by Crippen LogP contribution is -2.56. The maximum absolute atomic E-state index is 12.1. The third-order valence-electron chi connectivity index (χ3n) is 3.45. The van der Waals surface area contributed by atoms with Crippen LogP contribution in [0.15, 0.2) is 16.5 Å². The van der Waals surface area contributed by atoms with Crippen molar-refractivity contribution in [3.05, 3.63) is 23.7 Å². The molecule has 5 nitrogen and oxygen atoms in total. The molecule has 0 bridgehead atoms. The van der Waals surface area contributed by atoms with Gasteiger partial charge in [0.05, 0.1) is 5.54 Å². The van der Waals surface area contributed by atoms with Crippen LogP contribution in [0.3, 0.4) is 0 Å². The number of hydrogen-bond acceptors (Lipinski definition) is 4. The quantitative estimate of drug-likeness (QED) is 0.840. The van der Waals surface area contributed by atoms with Crippen molar-refractivity contribution < 1.29 is 13.9 Å². The smallest absolute Gasteiger partial charge is 0.287 e. The molecule has 2 rings (SSSR count). The lowest BCUT2D eigenvalue weighted by Gasteiger charge is -2.36. The van der Waals surface area contributed by atoms with Gasteiger partial charge < -0.3 is 20.2 Å². The van der Waals surface area contributed by atoms with Crippen molar-refractivity contribution in [1.82, 2.24) is 5.32 Å². The average molecular weight is 252 g/mol. The van der Waals surface area contributed by atoms with Crippen LogP contribution >= 0.6 is 0 Å². The molecule has 18 heavy (non-hydrogen) atoms. The van der Waals surface area contributed by atoms with E-state index in [1.165, 1.54) is 0 Å². The highest BCUT2D eigenvalue weighted by Gasteiger charge is 2.33. The minimum absolute atomic E-state index is 0.193. The minimum atomic E-state index is -0.353. The van der Waals surface area contributed by atoms with Crippen molar-refractivity contribution in [1.29, 1.82) is 0 Å². The van der Waals surface area contributed by atoms with Gasteiger partial charge in [-0.2, -0.15) is 0 Å². The molecule has 1 aromatic heterocycles. The van der Waals surface area contributed by atoms with Gasteiger partial charge in [0.2, 0.25) is 0 Å². The predicted octanol–water partition coefficient (Wildman–Crippen LogP) is 1.08. The van der Waals surface area contributed by atoms with Gasteiger partial charge in [-0.25, -0.2) is 0 Å². The van der Waals surface area contributed by atoms with Crippen LogP contribution in [0.1, 0.15) is 36.1 Å². The Balaban J connectivity index is 2.04. The first-order valence-electron chi connectivity index (χ1n) is 6.38. The fourth-order valence-electron chi connectivity index (χ4n) is 2.13. The molecular weight excluding hydrogens is 232 g/mol. The first kappa shape index (κ1) is 13.1. The zero-order chi connectivity index (χ0) is 13.0. The van der Waals surface area contributed by atoms with Gasteiger partial charge in [-0.15, -0.1) is 0 Å². The molecule has 1 aromatic rings. The lowest BCUT2D eigenvalue weighted by molar-refractivity contribution is 0.0380. The Hall–Kier alpha value is -1.33. The zero-order valence-corrected chi connectivity index (χ0v) is 10.7. The maximum Gasteiger partial charge on any atom is 0.287 e. The van der Waals surface area contributed by atoms with Gasteiger partial charge in [0.15, 0.2) is 5.76 Å². The highest BCUT2D eigenvalue weighted by Crippen LogP contribution is 2.20. The van der Waals surface area contributed by atoms with Crippen LogP contribution in [0, 0.1) is 0 Å².